The summed E-state index contributed by atoms with van der Waals surface area (Å²) >= 11 is 12.8. The second kappa shape index (κ2) is 29.8. The number of rotatable bonds is 34. The number of hydrogen-bond donors (Lipinski definition) is 0. The fourth-order valence-electron chi connectivity index (χ4n) is 8.88. The molecule has 336 valence electrons. The van der Waals surface area contributed by atoms with E-state index in [-0.39, 0.29) is 0 Å². The SMILES string of the molecule is CCCCCCCCCCCCCCCOc1ccc(C2=C(c3ccc(OCCCCCCCCCCCCCCC)cc3)C(c3ccc(Cl)cc3)=C2c2ccc(Cl)cc2)cc1. The van der Waals surface area contributed by atoms with Gasteiger partial charge >= 0.3 is 0 Å². The Balaban J connectivity index is 1.15. The van der Waals surface area contributed by atoms with E-state index in [0.717, 1.165) is 58.7 Å². The largest absolute Gasteiger partial charge is 0.494 e. The van der Waals surface area contributed by atoms with E-state index in [9.17, 15) is 0 Å². The molecule has 2 nitrogen and oxygen atoms in total. The maximum atomic E-state index is 6.41. The van der Waals surface area contributed by atoms with E-state index in [0.29, 0.717) is 0 Å². The zero-order valence-electron chi connectivity index (χ0n) is 38.6. The lowest BCUT2D eigenvalue weighted by Crippen LogP contribution is -2.10. The van der Waals surface area contributed by atoms with Crippen LogP contribution >= 0.6 is 23.2 Å². The van der Waals surface area contributed by atoms with Crippen LogP contribution in [0.4, 0.5) is 0 Å². The standard InChI is InChI=1S/C58H78Cl2O2/c1-3-5-7-9-11-13-15-17-19-21-23-25-27-45-61-53-41-33-49(34-42-53)57-55(47-29-37-51(59)38-30-47)56(48-31-39-52(60)40-32-48)58(57)50-35-43-54(44-36-50)62-46-28-26-24-22-20-18-16-14-12-10-8-6-4-2/h29-44H,3-28,45-46H2,1-2H3. The lowest BCUT2D eigenvalue weighted by atomic mass is 9.69. The summed E-state index contributed by atoms with van der Waals surface area (Å²) in [6.07, 6.45) is 35.1. The van der Waals surface area contributed by atoms with Crippen LogP contribution in [0, 0.1) is 0 Å². The minimum Gasteiger partial charge on any atom is -0.494 e. The monoisotopic (exact) mass is 877 g/mol. The summed E-state index contributed by atoms with van der Waals surface area (Å²) in [7, 11) is 0. The minimum absolute atomic E-state index is 0.729. The molecular weight excluding hydrogens is 800 g/mol. The molecule has 0 atom stereocenters. The van der Waals surface area contributed by atoms with E-state index in [4.69, 9.17) is 32.7 Å². The second-order valence-electron chi connectivity index (χ2n) is 17.7. The molecule has 0 aromatic heterocycles. The van der Waals surface area contributed by atoms with Crippen molar-refractivity contribution >= 4 is 45.5 Å². The van der Waals surface area contributed by atoms with Gasteiger partial charge in [0, 0.05) is 10.0 Å². The first-order chi connectivity index (χ1) is 30.6. The maximum Gasteiger partial charge on any atom is 0.119 e. The Morgan fingerprint density at radius 2 is 0.484 bits per heavy atom. The summed E-state index contributed by atoms with van der Waals surface area (Å²) < 4.78 is 12.5. The van der Waals surface area contributed by atoms with Crippen molar-refractivity contribution in [3.05, 3.63) is 129 Å². The fraction of sp³-hybridized carbons (Fsp3) is 0.517. The third kappa shape index (κ3) is 17.3. The number of hydrogen-bond acceptors (Lipinski definition) is 2. The summed E-state index contributed by atoms with van der Waals surface area (Å²) in [4.78, 5) is 0. The first-order valence-corrected chi connectivity index (χ1v) is 25.8. The maximum absolute atomic E-state index is 6.41. The molecule has 0 unspecified atom stereocenters. The molecule has 0 amide bonds. The topological polar surface area (TPSA) is 18.5 Å². The van der Waals surface area contributed by atoms with Crippen molar-refractivity contribution in [3.8, 4) is 11.5 Å². The first-order valence-electron chi connectivity index (χ1n) is 25.1. The molecule has 0 fully saturated rings. The van der Waals surface area contributed by atoms with Crippen LogP contribution in [0.3, 0.4) is 0 Å². The quantitative estimate of drug-likeness (QED) is 0.0435. The van der Waals surface area contributed by atoms with Gasteiger partial charge in [0.2, 0.25) is 0 Å². The number of ether oxygens (including phenoxy) is 2. The molecule has 62 heavy (non-hydrogen) atoms. The molecular formula is C58H78Cl2O2. The van der Waals surface area contributed by atoms with Gasteiger partial charge in [0.15, 0.2) is 0 Å². The predicted molar refractivity (Wildman–Crippen MR) is 272 cm³/mol. The summed E-state index contributed by atoms with van der Waals surface area (Å²) in [6.45, 7) is 6.10. The highest BCUT2D eigenvalue weighted by Crippen LogP contribution is 2.56. The summed E-state index contributed by atoms with van der Waals surface area (Å²) in [5.41, 5.74) is 9.47. The van der Waals surface area contributed by atoms with Crippen LogP contribution in [0.25, 0.3) is 22.3 Å². The summed E-state index contributed by atoms with van der Waals surface area (Å²) in [5, 5.41) is 1.46. The Morgan fingerprint density at radius 1 is 0.274 bits per heavy atom. The van der Waals surface area contributed by atoms with Crippen molar-refractivity contribution in [2.75, 3.05) is 13.2 Å². The molecule has 0 saturated heterocycles. The average Bonchev–Trinajstić information content (AvgIpc) is 3.28. The minimum atomic E-state index is 0.729. The van der Waals surface area contributed by atoms with Crippen molar-refractivity contribution < 1.29 is 9.47 Å². The molecule has 0 heterocycles. The molecule has 0 saturated carbocycles. The van der Waals surface area contributed by atoms with Crippen molar-refractivity contribution in [2.45, 2.75) is 181 Å². The number of unbranched alkanes of at least 4 members (excludes halogenated alkanes) is 24. The van der Waals surface area contributed by atoms with Crippen LogP contribution in [0.2, 0.25) is 10.0 Å². The number of allylic oxidation sites excluding steroid dienone is 4. The first kappa shape index (κ1) is 49.6. The number of benzene rings is 4. The molecule has 1 aliphatic rings. The van der Waals surface area contributed by atoms with Gasteiger partial charge in [0.05, 0.1) is 13.2 Å². The van der Waals surface area contributed by atoms with Crippen LogP contribution < -0.4 is 9.47 Å². The van der Waals surface area contributed by atoms with Crippen LogP contribution in [0.1, 0.15) is 203 Å². The average molecular weight is 878 g/mol. The Morgan fingerprint density at radius 3 is 0.726 bits per heavy atom. The van der Waals surface area contributed by atoms with Gasteiger partial charge in [-0.3, -0.25) is 0 Å². The van der Waals surface area contributed by atoms with Gasteiger partial charge in [-0.1, -0.05) is 240 Å². The Bertz CT molecular complexity index is 1720. The van der Waals surface area contributed by atoms with Gasteiger partial charge in [-0.05, 0) is 106 Å². The van der Waals surface area contributed by atoms with Crippen LogP contribution in [-0.2, 0) is 0 Å². The van der Waals surface area contributed by atoms with Gasteiger partial charge < -0.3 is 9.47 Å². The molecule has 0 radical (unpaired) electrons. The van der Waals surface area contributed by atoms with Gasteiger partial charge in [-0.2, -0.15) is 0 Å². The normalized spacial score (nSPS) is 12.6. The predicted octanol–water partition coefficient (Wildman–Crippen LogP) is 19.5. The van der Waals surface area contributed by atoms with Crippen molar-refractivity contribution in [3.63, 3.8) is 0 Å². The Hall–Kier alpha value is -3.46. The summed E-state index contributed by atoms with van der Waals surface area (Å²) in [5.74, 6) is 1.85. The zero-order valence-corrected chi connectivity index (χ0v) is 40.1. The van der Waals surface area contributed by atoms with Gasteiger partial charge in [0.25, 0.3) is 0 Å². The molecule has 1 aliphatic carbocycles. The fourth-order valence-corrected chi connectivity index (χ4v) is 9.13. The molecule has 4 aromatic carbocycles. The van der Waals surface area contributed by atoms with Crippen molar-refractivity contribution in [2.24, 2.45) is 0 Å². The van der Waals surface area contributed by atoms with Gasteiger partial charge in [0.1, 0.15) is 11.5 Å². The van der Waals surface area contributed by atoms with Crippen molar-refractivity contribution in [1.82, 2.24) is 0 Å². The highest BCUT2D eigenvalue weighted by Gasteiger charge is 2.33. The van der Waals surface area contributed by atoms with Crippen molar-refractivity contribution in [1.29, 1.82) is 0 Å². The van der Waals surface area contributed by atoms with E-state index >= 15 is 0 Å². The van der Waals surface area contributed by atoms with Gasteiger partial charge in [-0.25, -0.2) is 0 Å². The van der Waals surface area contributed by atoms with E-state index in [1.54, 1.807) is 0 Å². The zero-order chi connectivity index (χ0) is 43.5. The molecule has 4 heteroatoms. The van der Waals surface area contributed by atoms with E-state index in [1.165, 1.54) is 188 Å². The molecule has 0 bridgehead atoms. The van der Waals surface area contributed by atoms with Gasteiger partial charge in [-0.15, -0.1) is 0 Å². The Kier molecular flexibility index (Phi) is 23.8. The van der Waals surface area contributed by atoms with Crippen LogP contribution in [0.5, 0.6) is 11.5 Å². The number of halogens is 2. The summed E-state index contributed by atoms with van der Waals surface area (Å²) in [6, 6.07) is 33.9. The third-order valence-corrected chi connectivity index (χ3v) is 13.1. The molecule has 0 N–H and O–H groups in total. The van der Waals surface area contributed by atoms with E-state index < -0.39 is 0 Å². The highest BCUT2D eigenvalue weighted by molar-refractivity contribution is 6.43. The van der Waals surface area contributed by atoms with E-state index in [2.05, 4.69) is 86.6 Å². The van der Waals surface area contributed by atoms with Crippen LogP contribution in [-0.4, -0.2) is 13.2 Å². The van der Waals surface area contributed by atoms with Crippen LogP contribution in [0.15, 0.2) is 97.1 Å². The Labute approximate surface area is 387 Å². The third-order valence-electron chi connectivity index (χ3n) is 12.6. The lowest BCUT2D eigenvalue weighted by Gasteiger charge is -2.33. The molecule has 0 aliphatic heterocycles. The highest BCUT2D eigenvalue weighted by atomic mass is 35.5. The molecule has 0 spiro atoms. The molecule has 4 aromatic rings. The van der Waals surface area contributed by atoms with E-state index in [1.807, 2.05) is 24.3 Å². The second-order valence-corrected chi connectivity index (χ2v) is 18.6. The smallest absolute Gasteiger partial charge is 0.119 e. The molecule has 5 rings (SSSR count). The lowest BCUT2D eigenvalue weighted by molar-refractivity contribution is 0.304.